The van der Waals surface area contributed by atoms with E-state index in [1.54, 1.807) is 25.4 Å². The third-order valence-corrected chi connectivity index (χ3v) is 3.31. The summed E-state index contributed by atoms with van der Waals surface area (Å²) in [5.41, 5.74) is 6.54. The summed E-state index contributed by atoms with van der Waals surface area (Å²) in [7, 11) is 1.57. The summed E-state index contributed by atoms with van der Waals surface area (Å²) in [6.45, 7) is 0. The minimum absolute atomic E-state index is 0.461. The molecule has 0 aliphatic rings. The summed E-state index contributed by atoms with van der Waals surface area (Å²) in [6, 6.07) is 5.36. The van der Waals surface area contributed by atoms with Gasteiger partial charge in [-0.1, -0.05) is 11.6 Å². The molecular weight excluding hydrogens is 352 g/mol. The molecule has 0 amide bonds. The van der Waals surface area contributed by atoms with Crippen LogP contribution in [0.4, 0.5) is 5.82 Å². The normalized spacial score (nSPS) is 10.3. The minimum Gasteiger partial charge on any atom is -0.495 e. The molecule has 0 spiro atoms. The second kappa shape index (κ2) is 5.05. The molecule has 88 valence electrons. The van der Waals surface area contributed by atoms with E-state index in [1.165, 1.54) is 0 Å². The molecule has 1 heterocycles. The fourth-order valence-corrected chi connectivity index (χ4v) is 1.84. The average molecular weight is 362 g/mol. The summed E-state index contributed by atoms with van der Waals surface area (Å²) in [5, 5.41) is 0.519. The van der Waals surface area contributed by atoms with E-state index in [9.17, 15) is 0 Å². The van der Waals surface area contributed by atoms with Crippen molar-refractivity contribution < 1.29 is 4.74 Å². The van der Waals surface area contributed by atoms with Crippen molar-refractivity contribution in [3.63, 3.8) is 0 Å². The number of nitrogen functional groups attached to an aromatic ring is 1. The summed E-state index contributed by atoms with van der Waals surface area (Å²) >= 11 is 8.12. The average Bonchev–Trinajstić information content (AvgIpc) is 2.32. The van der Waals surface area contributed by atoms with Crippen LogP contribution in [0.15, 0.2) is 24.4 Å². The number of rotatable bonds is 2. The predicted molar refractivity (Wildman–Crippen MR) is 76.2 cm³/mol. The van der Waals surface area contributed by atoms with E-state index < -0.39 is 0 Å². The standard InChI is InChI=1S/C11H9ClIN3O/c1-17-9-3-2-6(4-7(9)12)11-15-5-8(13)10(14)16-11/h2-5H,1H3,(H2,14,15,16). The van der Waals surface area contributed by atoms with Gasteiger partial charge in [0.2, 0.25) is 0 Å². The summed E-state index contributed by atoms with van der Waals surface area (Å²) in [4.78, 5) is 8.41. The first-order valence-corrected chi connectivity index (χ1v) is 6.19. The SMILES string of the molecule is COc1ccc(-c2ncc(I)c(N)n2)cc1Cl. The number of hydrogen-bond donors (Lipinski definition) is 1. The van der Waals surface area contributed by atoms with E-state index in [0.717, 1.165) is 9.13 Å². The Hall–Kier alpha value is -1.08. The third-order valence-electron chi connectivity index (χ3n) is 2.18. The van der Waals surface area contributed by atoms with E-state index >= 15 is 0 Å². The number of halogens is 2. The molecule has 1 aromatic carbocycles. The lowest BCUT2D eigenvalue weighted by atomic mass is 10.2. The molecule has 1 aromatic heterocycles. The van der Waals surface area contributed by atoms with Gasteiger partial charge >= 0.3 is 0 Å². The molecule has 0 aliphatic carbocycles. The Morgan fingerprint density at radius 3 is 2.76 bits per heavy atom. The first-order chi connectivity index (χ1) is 8.11. The van der Waals surface area contributed by atoms with Gasteiger partial charge in [0.05, 0.1) is 15.7 Å². The summed E-state index contributed by atoms with van der Waals surface area (Å²) in [6.07, 6.45) is 1.68. The molecule has 2 rings (SSSR count). The van der Waals surface area contributed by atoms with Crippen LogP contribution in [0.5, 0.6) is 5.75 Å². The molecule has 0 unspecified atom stereocenters. The second-order valence-electron chi connectivity index (χ2n) is 3.28. The maximum atomic E-state index is 6.04. The van der Waals surface area contributed by atoms with Crippen molar-refractivity contribution in [2.75, 3.05) is 12.8 Å². The van der Waals surface area contributed by atoms with Gasteiger partial charge in [0, 0.05) is 11.8 Å². The van der Waals surface area contributed by atoms with Gasteiger partial charge in [-0.05, 0) is 40.8 Å². The molecule has 0 saturated heterocycles. The third kappa shape index (κ3) is 2.61. The van der Waals surface area contributed by atoms with Gasteiger partial charge in [-0.2, -0.15) is 0 Å². The lowest BCUT2D eigenvalue weighted by Crippen LogP contribution is -1.98. The van der Waals surface area contributed by atoms with Crippen molar-refractivity contribution in [3.05, 3.63) is 33.0 Å². The number of benzene rings is 1. The van der Waals surface area contributed by atoms with Gasteiger partial charge in [-0.25, -0.2) is 9.97 Å². The topological polar surface area (TPSA) is 61.0 Å². The van der Waals surface area contributed by atoms with Crippen molar-refractivity contribution in [3.8, 4) is 17.1 Å². The smallest absolute Gasteiger partial charge is 0.161 e. The highest BCUT2D eigenvalue weighted by Crippen LogP contribution is 2.29. The zero-order chi connectivity index (χ0) is 12.4. The summed E-state index contributed by atoms with van der Waals surface area (Å²) in [5.74, 6) is 1.63. The molecular formula is C11H9ClIN3O. The fourth-order valence-electron chi connectivity index (χ4n) is 1.32. The minimum atomic E-state index is 0.461. The Labute approximate surface area is 117 Å². The number of nitrogens with two attached hydrogens (primary N) is 1. The number of anilines is 1. The maximum Gasteiger partial charge on any atom is 0.161 e. The van der Waals surface area contributed by atoms with Crippen LogP contribution < -0.4 is 10.5 Å². The van der Waals surface area contributed by atoms with Crippen LogP contribution in [0.1, 0.15) is 0 Å². The van der Waals surface area contributed by atoms with Crippen LogP contribution in [0.3, 0.4) is 0 Å². The zero-order valence-electron chi connectivity index (χ0n) is 8.95. The van der Waals surface area contributed by atoms with Gasteiger partial charge < -0.3 is 10.5 Å². The first-order valence-electron chi connectivity index (χ1n) is 4.73. The van der Waals surface area contributed by atoms with Gasteiger partial charge in [0.1, 0.15) is 11.6 Å². The Balaban J connectivity index is 2.46. The van der Waals surface area contributed by atoms with E-state index in [-0.39, 0.29) is 0 Å². The molecule has 0 saturated carbocycles. The molecule has 0 aliphatic heterocycles. The van der Waals surface area contributed by atoms with Crippen LogP contribution in [0.25, 0.3) is 11.4 Å². The van der Waals surface area contributed by atoms with Crippen molar-refractivity contribution in [2.24, 2.45) is 0 Å². The Bertz CT molecular complexity index is 562. The molecule has 17 heavy (non-hydrogen) atoms. The molecule has 2 aromatic rings. The molecule has 6 heteroatoms. The second-order valence-corrected chi connectivity index (χ2v) is 4.85. The number of hydrogen-bond acceptors (Lipinski definition) is 4. The van der Waals surface area contributed by atoms with Crippen LogP contribution in [0, 0.1) is 3.57 Å². The molecule has 0 fully saturated rings. The highest BCUT2D eigenvalue weighted by molar-refractivity contribution is 14.1. The Morgan fingerprint density at radius 1 is 1.41 bits per heavy atom. The van der Waals surface area contributed by atoms with E-state index in [0.29, 0.717) is 22.4 Å². The van der Waals surface area contributed by atoms with Crippen LogP contribution in [0.2, 0.25) is 5.02 Å². The maximum absolute atomic E-state index is 6.04. The van der Waals surface area contributed by atoms with Crippen molar-refractivity contribution >= 4 is 40.0 Å². The van der Waals surface area contributed by atoms with Crippen molar-refractivity contribution in [2.45, 2.75) is 0 Å². The zero-order valence-corrected chi connectivity index (χ0v) is 11.9. The molecule has 0 bridgehead atoms. The predicted octanol–water partition coefficient (Wildman–Crippen LogP) is 2.99. The van der Waals surface area contributed by atoms with E-state index in [1.807, 2.05) is 6.07 Å². The number of aromatic nitrogens is 2. The van der Waals surface area contributed by atoms with E-state index in [4.69, 9.17) is 22.1 Å². The number of nitrogens with zero attached hydrogens (tertiary/aromatic N) is 2. The molecule has 4 nitrogen and oxygen atoms in total. The largest absolute Gasteiger partial charge is 0.495 e. The highest BCUT2D eigenvalue weighted by atomic mass is 127. The molecule has 0 radical (unpaired) electrons. The van der Waals surface area contributed by atoms with E-state index in [2.05, 4.69) is 32.6 Å². The fraction of sp³-hybridized carbons (Fsp3) is 0.0909. The van der Waals surface area contributed by atoms with Gasteiger partial charge in [-0.3, -0.25) is 0 Å². The highest BCUT2D eigenvalue weighted by Gasteiger charge is 2.07. The summed E-state index contributed by atoms with van der Waals surface area (Å²) < 4.78 is 5.90. The van der Waals surface area contributed by atoms with Crippen molar-refractivity contribution in [1.29, 1.82) is 0 Å². The first kappa shape index (κ1) is 12.4. The molecule has 2 N–H and O–H groups in total. The van der Waals surface area contributed by atoms with Crippen LogP contribution in [-0.2, 0) is 0 Å². The van der Waals surface area contributed by atoms with Gasteiger partial charge in [0.15, 0.2) is 5.82 Å². The van der Waals surface area contributed by atoms with Crippen LogP contribution >= 0.6 is 34.2 Å². The van der Waals surface area contributed by atoms with Crippen LogP contribution in [-0.4, -0.2) is 17.1 Å². The Kier molecular flexibility index (Phi) is 3.68. The number of methoxy groups -OCH3 is 1. The lowest BCUT2D eigenvalue weighted by molar-refractivity contribution is 0.415. The number of ether oxygens (including phenoxy) is 1. The van der Waals surface area contributed by atoms with Gasteiger partial charge in [0.25, 0.3) is 0 Å². The Morgan fingerprint density at radius 2 is 2.18 bits per heavy atom. The lowest BCUT2D eigenvalue weighted by Gasteiger charge is -2.06. The molecule has 0 atom stereocenters. The van der Waals surface area contributed by atoms with Crippen molar-refractivity contribution in [1.82, 2.24) is 9.97 Å². The van der Waals surface area contributed by atoms with Gasteiger partial charge in [-0.15, -0.1) is 0 Å². The monoisotopic (exact) mass is 361 g/mol. The quantitative estimate of drug-likeness (QED) is 0.836.